The Labute approximate surface area is 117 Å². The lowest BCUT2D eigenvalue weighted by Crippen LogP contribution is -2.26. The van der Waals surface area contributed by atoms with Gasteiger partial charge in [-0.15, -0.1) is 0 Å². The van der Waals surface area contributed by atoms with Crippen LogP contribution in [0.3, 0.4) is 0 Å². The molecule has 0 spiro atoms. The molecule has 0 bridgehead atoms. The highest BCUT2D eigenvalue weighted by Crippen LogP contribution is 2.37. The van der Waals surface area contributed by atoms with Crippen LogP contribution in [0.5, 0.6) is 0 Å². The lowest BCUT2D eigenvalue weighted by Gasteiger charge is -2.25. The third-order valence-corrected chi connectivity index (χ3v) is 4.41. The second-order valence-electron chi connectivity index (χ2n) is 4.22. The second kappa shape index (κ2) is 5.74. The van der Waals surface area contributed by atoms with E-state index in [0.29, 0.717) is 4.47 Å². The van der Waals surface area contributed by atoms with Crippen LogP contribution in [0, 0.1) is 0 Å². The zero-order valence-electron chi connectivity index (χ0n) is 9.56. The van der Waals surface area contributed by atoms with Crippen LogP contribution in [0.2, 0.25) is 0 Å². The van der Waals surface area contributed by atoms with Gasteiger partial charge in [0.05, 0.1) is 5.56 Å². The Hall–Kier alpha value is -0.360. The largest absolute Gasteiger partial charge is 0.418 e. The highest BCUT2D eigenvalue weighted by Gasteiger charge is 2.34. The molecule has 0 radical (unpaired) electrons. The highest BCUT2D eigenvalue weighted by atomic mass is 79.9. The summed E-state index contributed by atoms with van der Waals surface area (Å²) in [6.07, 6.45) is -2.49. The van der Waals surface area contributed by atoms with Crippen molar-refractivity contribution in [2.75, 3.05) is 16.8 Å². The summed E-state index contributed by atoms with van der Waals surface area (Å²) in [5.41, 5.74) is -0.419. The summed E-state index contributed by atoms with van der Waals surface area (Å²) >= 11 is 5.07. The molecule has 1 nitrogen and oxygen atoms in total. The van der Waals surface area contributed by atoms with E-state index in [1.807, 2.05) is 11.8 Å². The molecular formula is C12H13BrF3NS. The summed E-state index contributed by atoms with van der Waals surface area (Å²) in [5.74, 6) is 2.01. The van der Waals surface area contributed by atoms with E-state index in [1.165, 1.54) is 12.1 Å². The predicted octanol–water partition coefficient (Wildman–Crippen LogP) is 4.78. The summed E-state index contributed by atoms with van der Waals surface area (Å²) in [6.45, 7) is 0. The Morgan fingerprint density at radius 1 is 1.22 bits per heavy atom. The molecule has 6 heteroatoms. The molecule has 1 N–H and O–H groups in total. The van der Waals surface area contributed by atoms with Gasteiger partial charge < -0.3 is 5.32 Å². The minimum Gasteiger partial charge on any atom is -0.382 e. The topological polar surface area (TPSA) is 12.0 Å². The van der Waals surface area contributed by atoms with E-state index in [9.17, 15) is 13.2 Å². The molecule has 0 unspecified atom stereocenters. The average molecular weight is 340 g/mol. The molecule has 0 saturated carbocycles. The van der Waals surface area contributed by atoms with Crippen LogP contribution in [0.4, 0.5) is 18.9 Å². The molecule has 1 aromatic carbocycles. The van der Waals surface area contributed by atoms with Gasteiger partial charge in [0.25, 0.3) is 0 Å². The third-order valence-electron chi connectivity index (χ3n) is 2.87. The van der Waals surface area contributed by atoms with E-state index in [0.717, 1.165) is 30.4 Å². The lowest BCUT2D eigenvalue weighted by atomic mass is 10.1. The Bertz CT molecular complexity index is 416. The zero-order valence-corrected chi connectivity index (χ0v) is 12.0. The van der Waals surface area contributed by atoms with Crippen molar-refractivity contribution in [2.24, 2.45) is 0 Å². The molecule has 2 rings (SSSR count). The molecule has 0 atom stereocenters. The molecule has 100 valence electrons. The van der Waals surface area contributed by atoms with Crippen LogP contribution >= 0.6 is 27.7 Å². The Kier molecular flexibility index (Phi) is 4.48. The maximum absolute atomic E-state index is 12.9. The molecule has 1 saturated heterocycles. The van der Waals surface area contributed by atoms with Crippen molar-refractivity contribution in [3.63, 3.8) is 0 Å². The first-order valence-corrected chi connectivity index (χ1v) is 7.62. The third kappa shape index (κ3) is 3.57. The number of thioether (sulfide) groups is 1. The number of hydrogen-bond donors (Lipinski definition) is 1. The van der Waals surface area contributed by atoms with E-state index in [2.05, 4.69) is 21.2 Å². The number of nitrogens with one attached hydrogen (secondary N) is 1. The van der Waals surface area contributed by atoms with Gasteiger partial charge in [-0.05, 0) is 42.5 Å². The van der Waals surface area contributed by atoms with Gasteiger partial charge in [0.15, 0.2) is 0 Å². The molecule has 1 aromatic rings. The first-order valence-electron chi connectivity index (χ1n) is 5.68. The van der Waals surface area contributed by atoms with Gasteiger partial charge >= 0.3 is 6.18 Å². The Morgan fingerprint density at radius 2 is 1.89 bits per heavy atom. The standard InChI is InChI=1S/C12H13BrF3NS/c13-8-1-2-10(12(14,15)16)11(7-8)17-9-3-5-18-6-4-9/h1-2,7,9,17H,3-6H2. The van der Waals surface area contributed by atoms with E-state index >= 15 is 0 Å². The normalized spacial score (nSPS) is 17.8. The quantitative estimate of drug-likeness (QED) is 0.832. The molecule has 18 heavy (non-hydrogen) atoms. The zero-order chi connectivity index (χ0) is 13.2. The fourth-order valence-electron chi connectivity index (χ4n) is 1.94. The summed E-state index contributed by atoms with van der Waals surface area (Å²) in [6, 6.07) is 4.18. The Balaban J connectivity index is 2.21. The number of anilines is 1. The van der Waals surface area contributed by atoms with E-state index in [-0.39, 0.29) is 11.7 Å². The number of benzene rings is 1. The molecule has 1 heterocycles. The van der Waals surface area contributed by atoms with E-state index < -0.39 is 11.7 Å². The first-order chi connectivity index (χ1) is 8.47. The summed E-state index contributed by atoms with van der Waals surface area (Å²) in [5, 5.41) is 3.03. The number of rotatable bonds is 2. The van der Waals surface area contributed by atoms with E-state index in [1.54, 1.807) is 0 Å². The fraction of sp³-hybridized carbons (Fsp3) is 0.500. The van der Waals surface area contributed by atoms with Crippen molar-refractivity contribution >= 4 is 33.4 Å². The molecule has 0 aliphatic carbocycles. The molecular weight excluding hydrogens is 327 g/mol. The van der Waals surface area contributed by atoms with Crippen LogP contribution in [-0.4, -0.2) is 17.5 Å². The maximum Gasteiger partial charge on any atom is 0.418 e. The summed E-state index contributed by atoms with van der Waals surface area (Å²) in [7, 11) is 0. The van der Waals surface area contributed by atoms with Gasteiger partial charge in [0.2, 0.25) is 0 Å². The van der Waals surface area contributed by atoms with Crippen LogP contribution in [0.1, 0.15) is 18.4 Å². The van der Waals surface area contributed by atoms with Crippen molar-refractivity contribution in [3.8, 4) is 0 Å². The van der Waals surface area contributed by atoms with Crippen molar-refractivity contribution in [1.29, 1.82) is 0 Å². The van der Waals surface area contributed by atoms with Gasteiger partial charge in [0, 0.05) is 16.2 Å². The predicted molar refractivity (Wildman–Crippen MR) is 73.1 cm³/mol. The van der Waals surface area contributed by atoms with Gasteiger partial charge in [-0.2, -0.15) is 24.9 Å². The van der Waals surface area contributed by atoms with Crippen LogP contribution in [-0.2, 0) is 6.18 Å². The van der Waals surface area contributed by atoms with Crippen molar-refractivity contribution in [2.45, 2.75) is 25.1 Å². The summed E-state index contributed by atoms with van der Waals surface area (Å²) in [4.78, 5) is 0. The summed E-state index contributed by atoms with van der Waals surface area (Å²) < 4.78 is 39.3. The number of alkyl halides is 3. The lowest BCUT2D eigenvalue weighted by molar-refractivity contribution is -0.137. The van der Waals surface area contributed by atoms with Gasteiger partial charge in [-0.25, -0.2) is 0 Å². The average Bonchev–Trinajstić information content (AvgIpc) is 2.28. The minimum absolute atomic E-state index is 0.140. The van der Waals surface area contributed by atoms with Gasteiger partial charge in [-0.3, -0.25) is 0 Å². The van der Waals surface area contributed by atoms with Crippen molar-refractivity contribution < 1.29 is 13.2 Å². The van der Waals surface area contributed by atoms with Crippen molar-refractivity contribution in [1.82, 2.24) is 0 Å². The smallest absolute Gasteiger partial charge is 0.382 e. The van der Waals surface area contributed by atoms with Crippen LogP contribution < -0.4 is 5.32 Å². The first kappa shape index (κ1) is 14.1. The molecule has 1 aliphatic rings. The minimum atomic E-state index is -4.31. The second-order valence-corrected chi connectivity index (χ2v) is 6.36. The highest BCUT2D eigenvalue weighted by molar-refractivity contribution is 9.10. The van der Waals surface area contributed by atoms with Crippen LogP contribution in [0.15, 0.2) is 22.7 Å². The SMILES string of the molecule is FC(F)(F)c1ccc(Br)cc1NC1CCSCC1. The fourth-order valence-corrected chi connectivity index (χ4v) is 3.41. The van der Waals surface area contributed by atoms with Gasteiger partial charge in [-0.1, -0.05) is 15.9 Å². The number of halogens is 4. The Morgan fingerprint density at radius 3 is 2.50 bits per heavy atom. The maximum atomic E-state index is 12.9. The monoisotopic (exact) mass is 339 g/mol. The van der Waals surface area contributed by atoms with E-state index in [4.69, 9.17) is 0 Å². The molecule has 1 fully saturated rings. The van der Waals surface area contributed by atoms with Crippen molar-refractivity contribution in [3.05, 3.63) is 28.2 Å². The van der Waals surface area contributed by atoms with Crippen LogP contribution in [0.25, 0.3) is 0 Å². The molecule has 1 aliphatic heterocycles. The molecule has 0 amide bonds. The number of hydrogen-bond acceptors (Lipinski definition) is 2. The van der Waals surface area contributed by atoms with Gasteiger partial charge in [0.1, 0.15) is 0 Å². The molecule has 0 aromatic heterocycles.